The summed E-state index contributed by atoms with van der Waals surface area (Å²) in [4.78, 5) is 23.6. The number of aromatic nitrogens is 3. The SMILES string of the molecule is CCCCN1CC(N2CC(F)(C(=O)N(Cc3ccc(-c4nnc(C(F)F)o4)cn3)c3ccccc3)C2)C1. The molecule has 4 heterocycles. The van der Waals surface area contributed by atoms with E-state index in [9.17, 15) is 13.6 Å². The Balaban J connectivity index is 1.26. The molecule has 2 aliphatic heterocycles. The van der Waals surface area contributed by atoms with Crippen molar-refractivity contribution in [2.75, 3.05) is 37.6 Å². The molecule has 2 fully saturated rings. The number of nitrogens with zero attached hydrogens (tertiary/aromatic N) is 6. The maximum atomic E-state index is 15.8. The first-order valence-electron chi connectivity index (χ1n) is 12.5. The fourth-order valence-electron chi connectivity index (χ4n) is 4.70. The number of carbonyl (C=O) groups excluding carboxylic acids is 1. The van der Waals surface area contributed by atoms with Gasteiger partial charge in [0.05, 0.1) is 17.8 Å². The van der Waals surface area contributed by atoms with Crippen molar-refractivity contribution in [1.82, 2.24) is 25.0 Å². The van der Waals surface area contributed by atoms with Gasteiger partial charge >= 0.3 is 6.43 Å². The van der Waals surface area contributed by atoms with Crippen molar-refractivity contribution >= 4 is 11.6 Å². The monoisotopic (exact) mass is 514 g/mol. The summed E-state index contributed by atoms with van der Waals surface area (Å²) in [6, 6.07) is 12.4. The number of unbranched alkanes of at least 4 members (excludes halogenated alkanes) is 1. The molecule has 0 atom stereocenters. The lowest BCUT2D eigenvalue weighted by atomic mass is 9.90. The number of carbonyl (C=O) groups is 1. The Kier molecular flexibility index (Phi) is 7.25. The van der Waals surface area contributed by atoms with Gasteiger partial charge in [-0.25, -0.2) is 4.39 Å². The molecule has 5 rings (SSSR count). The van der Waals surface area contributed by atoms with E-state index in [1.165, 1.54) is 11.1 Å². The van der Waals surface area contributed by atoms with Gasteiger partial charge in [0.2, 0.25) is 11.6 Å². The number of hydrogen-bond donors (Lipinski definition) is 0. The van der Waals surface area contributed by atoms with Crippen molar-refractivity contribution in [3.63, 3.8) is 0 Å². The first-order valence-corrected chi connectivity index (χ1v) is 12.5. The predicted molar refractivity (Wildman–Crippen MR) is 131 cm³/mol. The quantitative estimate of drug-likeness (QED) is 0.403. The average Bonchev–Trinajstić information content (AvgIpc) is 3.36. The van der Waals surface area contributed by atoms with Gasteiger partial charge in [-0.05, 0) is 37.2 Å². The second kappa shape index (κ2) is 10.6. The first-order chi connectivity index (χ1) is 17.9. The highest BCUT2D eigenvalue weighted by Gasteiger charge is 2.55. The molecule has 1 amide bonds. The normalized spacial score (nSPS) is 18.0. The number of amides is 1. The number of rotatable bonds is 10. The van der Waals surface area contributed by atoms with E-state index in [1.807, 2.05) is 6.07 Å². The van der Waals surface area contributed by atoms with E-state index in [0.29, 0.717) is 23.0 Å². The Morgan fingerprint density at radius 2 is 1.92 bits per heavy atom. The molecule has 2 aliphatic rings. The second-order valence-corrected chi connectivity index (χ2v) is 9.65. The van der Waals surface area contributed by atoms with Crippen molar-refractivity contribution in [1.29, 1.82) is 0 Å². The molecule has 37 heavy (non-hydrogen) atoms. The van der Waals surface area contributed by atoms with E-state index in [2.05, 4.69) is 31.9 Å². The molecule has 2 saturated heterocycles. The highest BCUT2D eigenvalue weighted by atomic mass is 19.3. The Morgan fingerprint density at radius 1 is 1.16 bits per heavy atom. The smallest absolute Gasteiger partial charge is 0.314 e. The Labute approximate surface area is 213 Å². The molecule has 0 bridgehead atoms. The molecule has 3 aromatic rings. The summed E-state index contributed by atoms with van der Waals surface area (Å²) >= 11 is 0. The van der Waals surface area contributed by atoms with E-state index in [0.717, 1.165) is 32.5 Å². The van der Waals surface area contributed by atoms with Crippen molar-refractivity contribution in [2.45, 2.75) is 44.4 Å². The minimum Gasteiger partial charge on any atom is -0.415 e. The van der Waals surface area contributed by atoms with Crippen LogP contribution in [0, 0.1) is 0 Å². The summed E-state index contributed by atoms with van der Waals surface area (Å²) < 4.78 is 46.2. The van der Waals surface area contributed by atoms with E-state index < -0.39 is 23.9 Å². The number of halogens is 3. The number of hydrogen-bond acceptors (Lipinski definition) is 7. The molecule has 196 valence electrons. The van der Waals surface area contributed by atoms with Crippen molar-refractivity contribution in [3.8, 4) is 11.5 Å². The van der Waals surface area contributed by atoms with Crippen LogP contribution < -0.4 is 4.90 Å². The zero-order chi connectivity index (χ0) is 26.0. The molecule has 0 N–H and O–H groups in total. The fraction of sp³-hybridized carbons (Fsp3) is 0.462. The van der Waals surface area contributed by atoms with E-state index in [-0.39, 0.29) is 25.5 Å². The third kappa shape index (κ3) is 5.37. The van der Waals surface area contributed by atoms with Crippen LogP contribution in [0.5, 0.6) is 0 Å². The molecule has 8 nitrogen and oxygen atoms in total. The number of para-hydroxylation sites is 1. The summed E-state index contributed by atoms with van der Waals surface area (Å²) in [6.07, 6.45) is 0.850. The van der Waals surface area contributed by atoms with Crippen LogP contribution in [0.1, 0.15) is 37.8 Å². The average molecular weight is 515 g/mol. The van der Waals surface area contributed by atoms with Gasteiger partial charge in [0.25, 0.3) is 11.8 Å². The molecule has 2 aromatic heterocycles. The molecule has 0 aliphatic carbocycles. The van der Waals surface area contributed by atoms with Crippen LogP contribution in [0.15, 0.2) is 53.1 Å². The maximum Gasteiger partial charge on any atom is 0.314 e. The molecule has 0 spiro atoms. The van der Waals surface area contributed by atoms with Crippen LogP contribution in [0.2, 0.25) is 0 Å². The van der Waals surface area contributed by atoms with Gasteiger partial charge in [0.15, 0.2) is 0 Å². The second-order valence-electron chi connectivity index (χ2n) is 9.65. The Bertz CT molecular complexity index is 1190. The van der Waals surface area contributed by atoms with Crippen LogP contribution in [0.4, 0.5) is 18.9 Å². The highest BCUT2D eigenvalue weighted by molar-refractivity contribution is 6.00. The number of anilines is 1. The van der Waals surface area contributed by atoms with Crippen LogP contribution in [-0.4, -0.2) is 75.3 Å². The lowest BCUT2D eigenvalue weighted by Crippen LogP contribution is -2.73. The van der Waals surface area contributed by atoms with Crippen LogP contribution >= 0.6 is 0 Å². The summed E-state index contributed by atoms with van der Waals surface area (Å²) in [5, 5.41) is 6.94. The van der Waals surface area contributed by atoms with Gasteiger partial charge in [0, 0.05) is 44.1 Å². The Morgan fingerprint density at radius 3 is 2.54 bits per heavy atom. The molecule has 0 unspecified atom stereocenters. The largest absolute Gasteiger partial charge is 0.415 e. The van der Waals surface area contributed by atoms with Gasteiger partial charge in [-0.2, -0.15) is 8.78 Å². The lowest BCUT2D eigenvalue weighted by molar-refractivity contribution is -0.150. The molecule has 11 heteroatoms. The fourth-order valence-corrected chi connectivity index (χ4v) is 4.70. The highest BCUT2D eigenvalue weighted by Crippen LogP contribution is 2.34. The van der Waals surface area contributed by atoms with Gasteiger partial charge in [-0.15, -0.1) is 10.2 Å². The number of likely N-dealkylation sites (tertiary alicyclic amines) is 2. The van der Waals surface area contributed by atoms with Gasteiger partial charge in [-0.1, -0.05) is 31.5 Å². The number of benzene rings is 1. The predicted octanol–water partition coefficient (Wildman–Crippen LogP) is 4.11. The van der Waals surface area contributed by atoms with Crippen LogP contribution in [0.25, 0.3) is 11.5 Å². The summed E-state index contributed by atoms with van der Waals surface area (Å²) in [5.74, 6) is -1.44. The van der Waals surface area contributed by atoms with Crippen LogP contribution in [0.3, 0.4) is 0 Å². The number of alkyl halides is 3. The van der Waals surface area contributed by atoms with Gasteiger partial charge < -0.3 is 14.2 Å². The first kappa shape index (κ1) is 25.3. The molecule has 0 radical (unpaired) electrons. The van der Waals surface area contributed by atoms with Crippen molar-refractivity contribution in [3.05, 3.63) is 60.2 Å². The topological polar surface area (TPSA) is 78.6 Å². The standard InChI is InChI=1S/C26H29F3N6O2/c1-2-3-11-33-14-21(15-33)34-16-26(29,17-34)25(36)35(20-7-5-4-6-8-20)13-19-10-9-18(12-30-19)23-31-32-24(37-23)22(27)28/h4-10,12,21-22H,2-3,11,13-17H2,1H3. The van der Waals surface area contributed by atoms with Crippen molar-refractivity contribution in [2.24, 2.45) is 0 Å². The van der Waals surface area contributed by atoms with Gasteiger partial charge in [0.1, 0.15) is 0 Å². The molecular formula is C26H29F3N6O2. The van der Waals surface area contributed by atoms with Crippen LogP contribution in [-0.2, 0) is 11.3 Å². The molecule has 0 saturated carbocycles. The Hall–Kier alpha value is -3.31. The molecule has 1 aromatic carbocycles. The third-order valence-electron chi connectivity index (χ3n) is 6.91. The van der Waals surface area contributed by atoms with Crippen molar-refractivity contribution < 1.29 is 22.4 Å². The van der Waals surface area contributed by atoms with E-state index >= 15 is 4.39 Å². The minimum absolute atomic E-state index is 0.0507. The van der Waals surface area contributed by atoms with Gasteiger partial charge in [-0.3, -0.25) is 14.7 Å². The van der Waals surface area contributed by atoms with E-state index in [4.69, 9.17) is 4.42 Å². The summed E-state index contributed by atoms with van der Waals surface area (Å²) in [5.41, 5.74) is -0.526. The minimum atomic E-state index is -2.86. The maximum absolute atomic E-state index is 15.8. The summed E-state index contributed by atoms with van der Waals surface area (Å²) in [6.45, 7) is 5.28. The van der Waals surface area contributed by atoms with E-state index in [1.54, 1.807) is 36.4 Å². The summed E-state index contributed by atoms with van der Waals surface area (Å²) in [7, 11) is 0. The zero-order valence-electron chi connectivity index (χ0n) is 20.6. The zero-order valence-corrected chi connectivity index (χ0v) is 20.6. The third-order valence-corrected chi connectivity index (χ3v) is 6.91. The number of pyridine rings is 1. The molecular weight excluding hydrogens is 485 g/mol. The lowest BCUT2D eigenvalue weighted by Gasteiger charge is -2.54.